The van der Waals surface area contributed by atoms with Crippen LogP contribution in [0.4, 0.5) is 0 Å². The maximum atomic E-state index is 12.3. The van der Waals surface area contributed by atoms with Crippen molar-refractivity contribution in [3.05, 3.63) is 93.5 Å². The van der Waals surface area contributed by atoms with Crippen LogP contribution in [-0.4, -0.2) is 22.1 Å². The van der Waals surface area contributed by atoms with E-state index in [1.807, 2.05) is 36.4 Å². The predicted octanol–water partition coefficient (Wildman–Crippen LogP) is 5.93. The summed E-state index contributed by atoms with van der Waals surface area (Å²) in [5, 5.41) is 5.74. The van der Waals surface area contributed by atoms with Crippen LogP contribution in [0.1, 0.15) is 21.5 Å². The normalized spacial score (nSPS) is 11.3. The third-order valence-corrected chi connectivity index (χ3v) is 5.97. The van der Waals surface area contributed by atoms with Crippen LogP contribution >= 0.6 is 35.0 Å². The van der Waals surface area contributed by atoms with E-state index < -0.39 is 0 Å². The van der Waals surface area contributed by atoms with Crippen LogP contribution in [0, 0.1) is 0 Å². The number of nitrogens with one attached hydrogen (secondary N) is 2. The molecule has 0 aliphatic carbocycles. The Labute approximate surface area is 187 Å². The van der Waals surface area contributed by atoms with Crippen LogP contribution in [0.25, 0.3) is 11.0 Å². The summed E-state index contributed by atoms with van der Waals surface area (Å²) < 4.78 is 0. The van der Waals surface area contributed by atoms with Crippen molar-refractivity contribution in [2.75, 3.05) is 0 Å². The molecule has 0 bridgehead atoms. The van der Waals surface area contributed by atoms with Gasteiger partial charge in [0.25, 0.3) is 5.91 Å². The monoisotopic (exact) mass is 454 g/mol. The average Bonchev–Trinajstić information content (AvgIpc) is 3.18. The van der Waals surface area contributed by atoms with Gasteiger partial charge in [-0.3, -0.25) is 4.79 Å². The fourth-order valence-corrected chi connectivity index (χ4v) is 3.87. The number of hydrazone groups is 1. The minimum atomic E-state index is -0.289. The Kier molecular flexibility index (Phi) is 6.38. The van der Waals surface area contributed by atoms with Gasteiger partial charge in [-0.25, -0.2) is 10.4 Å². The van der Waals surface area contributed by atoms with Gasteiger partial charge < -0.3 is 4.98 Å². The standard InChI is InChI=1S/C22H16Cl2N4OS/c23-17-10-7-15(11-18(17)24)12-25-28-21(29)16-8-5-14(6-9-16)13-30-22-26-19-3-1-2-4-20(19)27-22/h1-12H,13H2,(H,26,27)(H,28,29). The number of imidazole rings is 1. The maximum absolute atomic E-state index is 12.3. The molecule has 4 aromatic rings. The van der Waals surface area contributed by atoms with Gasteiger partial charge in [0, 0.05) is 11.3 Å². The molecular formula is C22H16Cl2N4OS. The lowest BCUT2D eigenvalue weighted by molar-refractivity contribution is 0.0955. The molecule has 8 heteroatoms. The minimum Gasteiger partial charge on any atom is -0.333 e. The smallest absolute Gasteiger partial charge is 0.271 e. The lowest BCUT2D eigenvalue weighted by Gasteiger charge is -2.03. The van der Waals surface area contributed by atoms with E-state index in [2.05, 4.69) is 20.5 Å². The van der Waals surface area contributed by atoms with Gasteiger partial charge in [-0.1, -0.05) is 65.3 Å². The van der Waals surface area contributed by atoms with Crippen molar-refractivity contribution in [1.82, 2.24) is 15.4 Å². The number of thioether (sulfide) groups is 1. The lowest BCUT2D eigenvalue weighted by Crippen LogP contribution is -2.17. The van der Waals surface area contributed by atoms with Gasteiger partial charge in [0.2, 0.25) is 0 Å². The molecule has 2 N–H and O–H groups in total. The number of amides is 1. The van der Waals surface area contributed by atoms with E-state index in [1.54, 1.807) is 42.1 Å². The second-order valence-electron chi connectivity index (χ2n) is 6.42. The summed E-state index contributed by atoms with van der Waals surface area (Å²) in [5.41, 5.74) is 6.84. The molecule has 0 aliphatic heterocycles. The van der Waals surface area contributed by atoms with E-state index >= 15 is 0 Å². The molecule has 150 valence electrons. The molecule has 0 unspecified atom stereocenters. The summed E-state index contributed by atoms with van der Waals surface area (Å²) in [5.74, 6) is 0.458. The summed E-state index contributed by atoms with van der Waals surface area (Å²) in [7, 11) is 0. The molecule has 5 nitrogen and oxygen atoms in total. The summed E-state index contributed by atoms with van der Waals surface area (Å²) in [6.07, 6.45) is 1.51. The van der Waals surface area contributed by atoms with E-state index in [0.29, 0.717) is 15.6 Å². The molecule has 0 aliphatic rings. The Bertz CT molecular complexity index is 1190. The first-order chi connectivity index (χ1) is 14.6. The molecule has 1 heterocycles. The molecular weight excluding hydrogens is 439 g/mol. The van der Waals surface area contributed by atoms with Crippen LogP contribution in [-0.2, 0) is 5.75 Å². The number of H-pyrrole nitrogens is 1. The van der Waals surface area contributed by atoms with Gasteiger partial charge in [0.05, 0.1) is 27.3 Å². The van der Waals surface area contributed by atoms with Crippen molar-refractivity contribution < 1.29 is 4.79 Å². The highest BCUT2D eigenvalue weighted by Gasteiger charge is 2.06. The van der Waals surface area contributed by atoms with Crippen molar-refractivity contribution in [3.63, 3.8) is 0 Å². The number of hydrogen-bond acceptors (Lipinski definition) is 4. The number of nitrogens with zero attached hydrogens (tertiary/aromatic N) is 2. The van der Waals surface area contributed by atoms with E-state index in [9.17, 15) is 4.79 Å². The first-order valence-electron chi connectivity index (χ1n) is 9.03. The molecule has 0 spiro atoms. The van der Waals surface area contributed by atoms with Crippen LogP contribution in [0.15, 0.2) is 77.0 Å². The number of carbonyl (C=O) groups is 1. The molecule has 0 radical (unpaired) electrons. The first kappa shape index (κ1) is 20.5. The third-order valence-electron chi connectivity index (χ3n) is 4.28. The van der Waals surface area contributed by atoms with Crippen molar-refractivity contribution in [1.29, 1.82) is 0 Å². The number of benzene rings is 3. The zero-order chi connectivity index (χ0) is 20.9. The third kappa shape index (κ3) is 5.02. The highest BCUT2D eigenvalue weighted by atomic mass is 35.5. The second kappa shape index (κ2) is 9.34. The largest absolute Gasteiger partial charge is 0.333 e. The quantitative estimate of drug-likeness (QED) is 0.215. The number of aromatic amines is 1. The molecule has 3 aromatic carbocycles. The van der Waals surface area contributed by atoms with Gasteiger partial charge in [0.1, 0.15) is 0 Å². The molecule has 1 aromatic heterocycles. The fourth-order valence-electron chi connectivity index (χ4n) is 2.72. The van der Waals surface area contributed by atoms with Crippen LogP contribution in [0.3, 0.4) is 0 Å². The lowest BCUT2D eigenvalue weighted by atomic mass is 10.1. The Morgan fingerprint density at radius 2 is 1.87 bits per heavy atom. The Balaban J connectivity index is 1.32. The number of para-hydroxylation sites is 2. The molecule has 30 heavy (non-hydrogen) atoms. The zero-order valence-corrected chi connectivity index (χ0v) is 17.9. The van der Waals surface area contributed by atoms with Gasteiger partial charge in [-0.15, -0.1) is 0 Å². The number of halogens is 2. The highest BCUT2D eigenvalue weighted by Crippen LogP contribution is 2.23. The number of hydrogen-bond donors (Lipinski definition) is 2. The molecule has 0 fully saturated rings. The summed E-state index contributed by atoms with van der Waals surface area (Å²) in [4.78, 5) is 20.1. The fraction of sp³-hybridized carbons (Fsp3) is 0.0455. The van der Waals surface area contributed by atoms with Crippen LogP contribution in [0.2, 0.25) is 10.0 Å². The first-order valence-corrected chi connectivity index (χ1v) is 10.8. The van der Waals surface area contributed by atoms with E-state index in [0.717, 1.165) is 33.1 Å². The van der Waals surface area contributed by atoms with Crippen molar-refractivity contribution in [2.24, 2.45) is 5.10 Å². The SMILES string of the molecule is O=C(NN=Cc1ccc(Cl)c(Cl)c1)c1ccc(CSc2nc3ccccc3[nH]2)cc1. The van der Waals surface area contributed by atoms with Crippen molar-refractivity contribution in [3.8, 4) is 0 Å². The number of fused-ring (bicyclic) bond motifs is 1. The molecule has 0 saturated carbocycles. The second-order valence-corrected chi connectivity index (χ2v) is 8.20. The summed E-state index contributed by atoms with van der Waals surface area (Å²) in [6, 6.07) is 20.4. The Morgan fingerprint density at radius 3 is 2.63 bits per heavy atom. The van der Waals surface area contributed by atoms with E-state index in [4.69, 9.17) is 23.2 Å². The number of carbonyl (C=O) groups excluding carboxylic acids is 1. The Morgan fingerprint density at radius 1 is 1.07 bits per heavy atom. The van der Waals surface area contributed by atoms with Gasteiger partial charge in [-0.05, 0) is 47.5 Å². The highest BCUT2D eigenvalue weighted by molar-refractivity contribution is 7.98. The number of aromatic nitrogens is 2. The van der Waals surface area contributed by atoms with Gasteiger partial charge in [0.15, 0.2) is 5.16 Å². The van der Waals surface area contributed by atoms with Gasteiger partial charge >= 0.3 is 0 Å². The van der Waals surface area contributed by atoms with Gasteiger partial charge in [-0.2, -0.15) is 5.10 Å². The van der Waals surface area contributed by atoms with E-state index in [-0.39, 0.29) is 5.91 Å². The summed E-state index contributed by atoms with van der Waals surface area (Å²) >= 11 is 13.5. The molecule has 0 saturated heterocycles. The maximum Gasteiger partial charge on any atom is 0.271 e. The van der Waals surface area contributed by atoms with Crippen LogP contribution in [0.5, 0.6) is 0 Å². The molecule has 4 rings (SSSR count). The van der Waals surface area contributed by atoms with Crippen LogP contribution < -0.4 is 5.43 Å². The number of rotatable bonds is 6. The van der Waals surface area contributed by atoms with E-state index in [1.165, 1.54) is 6.21 Å². The van der Waals surface area contributed by atoms with Crippen molar-refractivity contribution in [2.45, 2.75) is 10.9 Å². The van der Waals surface area contributed by atoms with Crippen molar-refractivity contribution >= 4 is 58.1 Å². The molecule has 0 atom stereocenters. The molecule has 1 amide bonds. The topological polar surface area (TPSA) is 70.1 Å². The summed E-state index contributed by atoms with van der Waals surface area (Å²) in [6.45, 7) is 0. The predicted molar refractivity (Wildman–Crippen MR) is 124 cm³/mol. The average molecular weight is 455 g/mol. The Hall–Kier alpha value is -2.80. The minimum absolute atomic E-state index is 0.289. The zero-order valence-electron chi connectivity index (χ0n) is 15.6.